The van der Waals surface area contributed by atoms with Gasteiger partial charge >= 0.3 is 0 Å². The van der Waals surface area contributed by atoms with Crippen LogP contribution in [0, 0.1) is 0 Å². The Labute approximate surface area is 162 Å². The molecule has 2 aromatic rings. The van der Waals surface area contributed by atoms with Crippen molar-refractivity contribution in [3.63, 3.8) is 0 Å². The van der Waals surface area contributed by atoms with E-state index < -0.39 is 5.54 Å². The van der Waals surface area contributed by atoms with E-state index in [1.54, 1.807) is 31.3 Å². The highest BCUT2D eigenvalue weighted by atomic mass is 32.2. The highest BCUT2D eigenvalue weighted by Crippen LogP contribution is 2.44. The number of pyridine rings is 1. The quantitative estimate of drug-likeness (QED) is 0.758. The topological polar surface area (TPSA) is 104 Å². The van der Waals surface area contributed by atoms with Crippen LogP contribution in [0.15, 0.2) is 34.1 Å². The van der Waals surface area contributed by atoms with Crippen LogP contribution >= 0.6 is 11.8 Å². The zero-order valence-electron chi connectivity index (χ0n) is 16.0. The van der Waals surface area contributed by atoms with Gasteiger partial charge in [0.25, 0.3) is 0 Å². The molecule has 0 fully saturated rings. The number of rotatable bonds is 6. The molecule has 1 atom stereocenters. The summed E-state index contributed by atoms with van der Waals surface area (Å²) < 4.78 is 10.2. The highest BCUT2D eigenvalue weighted by molar-refractivity contribution is 8.15. The molecule has 0 saturated carbocycles. The number of amidine groups is 1. The highest BCUT2D eigenvalue weighted by Gasteiger charge is 2.39. The normalized spacial score (nSPS) is 21.7. The number of aromatic nitrogens is 2. The second kappa shape index (κ2) is 7.44. The Morgan fingerprint density at radius 3 is 2.85 bits per heavy atom. The largest absolute Gasteiger partial charge is 0.446 e. The van der Waals surface area contributed by atoms with Gasteiger partial charge in [0, 0.05) is 30.7 Å². The summed E-state index contributed by atoms with van der Waals surface area (Å²) in [7, 11) is 1.55. The zero-order valence-corrected chi connectivity index (χ0v) is 16.8. The van der Waals surface area contributed by atoms with Crippen molar-refractivity contribution in [2.75, 3.05) is 7.11 Å². The Morgan fingerprint density at radius 2 is 2.15 bits per heavy atom. The third-order valence-electron chi connectivity index (χ3n) is 4.39. The van der Waals surface area contributed by atoms with Crippen LogP contribution in [-0.2, 0) is 23.3 Å². The van der Waals surface area contributed by atoms with Crippen LogP contribution in [0.1, 0.15) is 54.7 Å². The number of hydrogen-bond acceptors (Lipinski definition) is 8. The number of Topliss-reactive ketones (excluding diaryl/α,β-unsaturated/α-hetero) is 1. The van der Waals surface area contributed by atoms with Gasteiger partial charge in [0.2, 0.25) is 5.89 Å². The molecule has 27 heavy (non-hydrogen) atoms. The number of methoxy groups -OCH3 is 1. The first-order valence-corrected chi connectivity index (χ1v) is 9.48. The summed E-state index contributed by atoms with van der Waals surface area (Å²) in [5, 5.41) is 0.573. The third kappa shape index (κ3) is 4.56. The van der Waals surface area contributed by atoms with E-state index in [4.69, 9.17) is 14.9 Å². The number of aliphatic imine (C=N–C) groups is 1. The summed E-state index contributed by atoms with van der Waals surface area (Å²) in [6.07, 6.45) is 5.86. The zero-order chi connectivity index (χ0) is 19.7. The van der Waals surface area contributed by atoms with Crippen molar-refractivity contribution in [1.82, 2.24) is 9.97 Å². The molecule has 2 N–H and O–H groups in total. The Bertz CT molecular complexity index is 877. The van der Waals surface area contributed by atoms with E-state index in [1.807, 2.05) is 6.07 Å². The van der Waals surface area contributed by atoms with E-state index >= 15 is 0 Å². The minimum absolute atomic E-state index is 0.0229. The van der Waals surface area contributed by atoms with Crippen molar-refractivity contribution in [1.29, 1.82) is 0 Å². The lowest BCUT2D eigenvalue weighted by Gasteiger charge is -2.39. The van der Waals surface area contributed by atoms with Gasteiger partial charge in [-0.2, -0.15) is 0 Å². The predicted octanol–water partition coefficient (Wildman–Crippen LogP) is 3.09. The van der Waals surface area contributed by atoms with Gasteiger partial charge in [-0.25, -0.2) is 4.98 Å². The van der Waals surface area contributed by atoms with Crippen LogP contribution in [0.3, 0.4) is 0 Å². The Kier molecular flexibility index (Phi) is 5.39. The van der Waals surface area contributed by atoms with E-state index in [1.165, 1.54) is 6.26 Å². The van der Waals surface area contributed by atoms with Crippen LogP contribution in [0.25, 0.3) is 0 Å². The summed E-state index contributed by atoms with van der Waals surface area (Å²) in [5.41, 5.74) is 7.63. The summed E-state index contributed by atoms with van der Waals surface area (Å²) in [6.45, 7) is 6.59. The monoisotopic (exact) mass is 388 g/mol. The number of ether oxygens (including phenoxy) is 1. The van der Waals surface area contributed by atoms with E-state index in [9.17, 15) is 4.79 Å². The van der Waals surface area contributed by atoms with Crippen molar-refractivity contribution >= 4 is 22.7 Å². The fourth-order valence-electron chi connectivity index (χ4n) is 3.40. The molecule has 0 aromatic carbocycles. The SMILES string of the molecule is COCc1nc(C(=O)Cc2cncc([C@]3(C)CC(C)(C)SC(N)=N3)c2)co1. The molecule has 0 bridgehead atoms. The summed E-state index contributed by atoms with van der Waals surface area (Å²) in [6, 6.07) is 1.98. The van der Waals surface area contributed by atoms with E-state index in [0.717, 1.165) is 17.5 Å². The number of carbonyl (C=O) groups is 1. The van der Waals surface area contributed by atoms with Gasteiger partial charge < -0.3 is 14.9 Å². The summed E-state index contributed by atoms with van der Waals surface area (Å²) in [5.74, 6) is 0.250. The molecule has 0 radical (unpaired) electrons. The van der Waals surface area contributed by atoms with Crippen molar-refractivity contribution in [2.24, 2.45) is 10.7 Å². The number of nitrogens with two attached hydrogens (primary N) is 1. The van der Waals surface area contributed by atoms with Crippen LogP contribution < -0.4 is 5.73 Å². The molecule has 3 rings (SSSR count). The van der Waals surface area contributed by atoms with E-state index in [0.29, 0.717) is 11.1 Å². The van der Waals surface area contributed by atoms with Crippen molar-refractivity contribution < 1.29 is 13.9 Å². The third-order valence-corrected chi connectivity index (χ3v) is 5.39. The average Bonchev–Trinajstić information content (AvgIpc) is 3.02. The number of thioether (sulfide) groups is 1. The maximum atomic E-state index is 12.5. The van der Waals surface area contributed by atoms with E-state index in [-0.39, 0.29) is 29.3 Å². The lowest BCUT2D eigenvalue weighted by molar-refractivity contribution is 0.0988. The lowest BCUT2D eigenvalue weighted by Crippen LogP contribution is -2.38. The number of oxazole rings is 1. The minimum atomic E-state index is -0.468. The smallest absolute Gasteiger partial charge is 0.220 e. The van der Waals surface area contributed by atoms with Gasteiger partial charge in [-0.05, 0) is 30.5 Å². The van der Waals surface area contributed by atoms with E-state index in [2.05, 4.69) is 35.7 Å². The van der Waals surface area contributed by atoms with Gasteiger partial charge in [0.15, 0.2) is 11.0 Å². The molecule has 8 heteroatoms. The Balaban J connectivity index is 1.81. The maximum absolute atomic E-state index is 12.5. The van der Waals surface area contributed by atoms with Gasteiger partial charge in [0.1, 0.15) is 18.6 Å². The van der Waals surface area contributed by atoms with Gasteiger partial charge in [-0.3, -0.25) is 14.8 Å². The van der Waals surface area contributed by atoms with Gasteiger partial charge in [-0.15, -0.1) is 0 Å². The first-order chi connectivity index (χ1) is 12.7. The molecular weight excluding hydrogens is 364 g/mol. The van der Waals surface area contributed by atoms with Crippen LogP contribution in [0.2, 0.25) is 0 Å². The van der Waals surface area contributed by atoms with Gasteiger partial charge in [0.05, 0.1) is 5.54 Å². The Hall–Kier alpha value is -2.19. The molecule has 7 nitrogen and oxygen atoms in total. The number of ketones is 1. The molecule has 144 valence electrons. The molecule has 0 aliphatic carbocycles. The fourth-order valence-corrected chi connectivity index (χ4v) is 4.57. The molecule has 1 aliphatic rings. The second-order valence-electron chi connectivity index (χ2n) is 7.50. The van der Waals surface area contributed by atoms with Crippen molar-refractivity contribution in [3.05, 3.63) is 47.4 Å². The molecule has 0 amide bonds. The number of nitrogens with zero attached hydrogens (tertiary/aromatic N) is 3. The predicted molar refractivity (Wildman–Crippen MR) is 105 cm³/mol. The standard InChI is InChI=1S/C19H24N4O3S/c1-18(2)11-19(3,23-17(20)27-18)13-5-12(7-21-8-13)6-15(24)14-9-26-16(22-14)10-25-4/h5,7-9H,6,10-11H2,1-4H3,(H2,20,23)/t19-/m0/s1. The Morgan fingerprint density at radius 1 is 1.37 bits per heavy atom. The molecular formula is C19H24N4O3S. The van der Waals surface area contributed by atoms with Crippen LogP contribution in [-0.4, -0.2) is 32.8 Å². The molecule has 0 unspecified atom stereocenters. The molecule has 0 saturated heterocycles. The number of carbonyl (C=O) groups excluding carboxylic acids is 1. The second-order valence-corrected chi connectivity index (χ2v) is 9.23. The summed E-state index contributed by atoms with van der Waals surface area (Å²) >= 11 is 1.58. The van der Waals surface area contributed by atoms with Crippen LogP contribution in [0.5, 0.6) is 0 Å². The molecule has 1 aliphatic heterocycles. The van der Waals surface area contributed by atoms with Crippen molar-refractivity contribution in [3.8, 4) is 0 Å². The molecule has 0 spiro atoms. The first kappa shape index (κ1) is 19.6. The van der Waals surface area contributed by atoms with Crippen molar-refractivity contribution in [2.45, 2.75) is 50.5 Å². The minimum Gasteiger partial charge on any atom is -0.446 e. The maximum Gasteiger partial charge on any atom is 0.220 e. The lowest BCUT2D eigenvalue weighted by atomic mass is 9.84. The molecule has 3 heterocycles. The summed E-state index contributed by atoms with van der Waals surface area (Å²) in [4.78, 5) is 25.7. The van der Waals surface area contributed by atoms with Gasteiger partial charge in [-0.1, -0.05) is 25.6 Å². The van der Waals surface area contributed by atoms with Crippen LogP contribution in [0.4, 0.5) is 0 Å². The molecule has 2 aromatic heterocycles. The average molecular weight is 388 g/mol. The number of hydrogen-bond donors (Lipinski definition) is 1. The first-order valence-electron chi connectivity index (χ1n) is 8.66. The fraction of sp³-hybridized carbons (Fsp3) is 0.474.